The van der Waals surface area contributed by atoms with Crippen LogP contribution in [0.3, 0.4) is 0 Å². The number of aromatic nitrogens is 3. The van der Waals surface area contributed by atoms with Gasteiger partial charge < -0.3 is 20.9 Å². The van der Waals surface area contributed by atoms with Crippen LogP contribution in [0.5, 0.6) is 0 Å². The van der Waals surface area contributed by atoms with Crippen molar-refractivity contribution in [3.05, 3.63) is 52.8 Å². The first-order chi connectivity index (χ1) is 13.9. The van der Waals surface area contributed by atoms with E-state index in [2.05, 4.69) is 25.8 Å². The molecule has 3 amide bonds. The minimum absolute atomic E-state index is 0.00831. The highest BCUT2D eigenvalue weighted by molar-refractivity contribution is 7.10. The number of primary amides is 1. The van der Waals surface area contributed by atoms with Crippen LogP contribution in [0, 0.1) is 5.92 Å². The van der Waals surface area contributed by atoms with Gasteiger partial charge in [0.2, 0.25) is 17.6 Å². The fourth-order valence-corrected chi connectivity index (χ4v) is 3.57. The Morgan fingerprint density at radius 3 is 2.59 bits per heavy atom. The summed E-state index contributed by atoms with van der Waals surface area (Å²) in [6.45, 7) is 3.89. The third kappa shape index (κ3) is 5.38. The van der Waals surface area contributed by atoms with Gasteiger partial charge in [-0.05, 0) is 29.5 Å². The first kappa shape index (κ1) is 20.5. The van der Waals surface area contributed by atoms with Gasteiger partial charge in [-0.1, -0.05) is 25.1 Å². The quantitative estimate of drug-likeness (QED) is 0.518. The van der Waals surface area contributed by atoms with Gasteiger partial charge in [0.05, 0.1) is 12.5 Å². The molecule has 0 saturated heterocycles. The van der Waals surface area contributed by atoms with Gasteiger partial charge in [-0.2, -0.15) is 4.98 Å². The largest absolute Gasteiger partial charge is 0.352 e. The second-order valence-electron chi connectivity index (χ2n) is 6.76. The smallest absolute Gasteiger partial charge is 0.312 e. The molecular formula is C19H22N6O3S. The molecule has 0 saturated carbocycles. The summed E-state index contributed by atoms with van der Waals surface area (Å²) in [6.07, 6.45) is 3.32. The number of pyridine rings is 1. The Labute approximate surface area is 171 Å². The van der Waals surface area contributed by atoms with Crippen molar-refractivity contribution in [3.8, 4) is 11.4 Å². The highest BCUT2D eigenvalue weighted by Gasteiger charge is 2.27. The van der Waals surface area contributed by atoms with E-state index >= 15 is 0 Å². The summed E-state index contributed by atoms with van der Waals surface area (Å²) >= 11 is 1.44. The molecule has 29 heavy (non-hydrogen) atoms. The summed E-state index contributed by atoms with van der Waals surface area (Å²) in [6, 6.07) is 5.59. The molecule has 3 heterocycles. The van der Waals surface area contributed by atoms with Crippen LogP contribution in [0.4, 0.5) is 4.79 Å². The van der Waals surface area contributed by atoms with E-state index in [0.29, 0.717) is 11.7 Å². The van der Waals surface area contributed by atoms with Crippen LogP contribution in [0.1, 0.15) is 43.1 Å². The predicted molar refractivity (Wildman–Crippen MR) is 108 cm³/mol. The molecule has 0 aliphatic carbocycles. The van der Waals surface area contributed by atoms with Crippen LogP contribution in [0.25, 0.3) is 11.4 Å². The number of rotatable bonds is 8. The van der Waals surface area contributed by atoms with E-state index in [1.807, 2.05) is 31.4 Å². The molecule has 0 radical (unpaired) electrons. The van der Waals surface area contributed by atoms with E-state index in [1.54, 1.807) is 24.5 Å². The van der Waals surface area contributed by atoms with E-state index in [9.17, 15) is 9.59 Å². The van der Waals surface area contributed by atoms with Gasteiger partial charge in [-0.3, -0.25) is 9.78 Å². The highest BCUT2D eigenvalue weighted by Crippen LogP contribution is 2.25. The Bertz CT molecular complexity index is 942. The van der Waals surface area contributed by atoms with Crippen molar-refractivity contribution in [1.29, 1.82) is 0 Å². The minimum Gasteiger partial charge on any atom is -0.352 e. The number of carbonyl (C=O) groups is 2. The lowest BCUT2D eigenvalue weighted by molar-refractivity contribution is -0.122. The van der Waals surface area contributed by atoms with Gasteiger partial charge in [-0.15, -0.1) is 11.3 Å². The Balaban J connectivity index is 1.72. The Kier molecular flexibility index (Phi) is 6.55. The summed E-state index contributed by atoms with van der Waals surface area (Å²) in [5, 5.41) is 11.4. The third-order valence-electron chi connectivity index (χ3n) is 4.22. The number of thiophene rings is 1. The van der Waals surface area contributed by atoms with Crippen LogP contribution in [0.2, 0.25) is 0 Å². The minimum atomic E-state index is -0.685. The lowest BCUT2D eigenvalue weighted by Gasteiger charge is -2.21. The first-order valence-electron chi connectivity index (χ1n) is 9.06. The topological polar surface area (TPSA) is 136 Å². The maximum atomic E-state index is 12.7. The molecule has 10 heteroatoms. The normalized spacial score (nSPS) is 13.1. The van der Waals surface area contributed by atoms with Crippen LogP contribution >= 0.6 is 11.3 Å². The van der Waals surface area contributed by atoms with Gasteiger partial charge in [-0.25, -0.2) is 4.79 Å². The van der Waals surface area contributed by atoms with Gasteiger partial charge in [0, 0.05) is 22.8 Å². The maximum Gasteiger partial charge on any atom is 0.312 e. The van der Waals surface area contributed by atoms with Crippen LogP contribution in [-0.4, -0.2) is 27.1 Å². The molecule has 0 fully saturated rings. The number of hydrogen-bond acceptors (Lipinski definition) is 7. The fourth-order valence-electron chi connectivity index (χ4n) is 2.80. The summed E-state index contributed by atoms with van der Waals surface area (Å²) in [5.74, 6) is 0.485. The number of hydrogen-bond donors (Lipinski definition) is 3. The molecule has 0 bridgehead atoms. The molecule has 3 rings (SSSR count). The van der Waals surface area contributed by atoms with E-state index < -0.39 is 18.1 Å². The monoisotopic (exact) mass is 414 g/mol. The Morgan fingerprint density at radius 1 is 1.21 bits per heavy atom. The highest BCUT2D eigenvalue weighted by atomic mass is 32.1. The standard InChI is InChI=1S/C19H22N6O3S/c1-11(2)16(18-24-17(25-28-18)12-5-7-21-8-6-12)23-15(26)10-13(22-19(20)27)14-4-3-9-29-14/h3-9,11,13,16H,10H2,1-2H3,(H,23,26)(H3,20,22,27). The van der Waals surface area contributed by atoms with E-state index in [1.165, 1.54) is 11.3 Å². The lowest BCUT2D eigenvalue weighted by atomic mass is 10.0. The zero-order chi connectivity index (χ0) is 20.8. The van der Waals surface area contributed by atoms with Gasteiger partial charge in [0.25, 0.3) is 0 Å². The SMILES string of the molecule is CC(C)C(NC(=O)CC(NC(N)=O)c1cccs1)c1nc(-c2ccncc2)no1. The average molecular weight is 414 g/mol. The van der Waals surface area contributed by atoms with Gasteiger partial charge in [0.15, 0.2) is 0 Å². The summed E-state index contributed by atoms with van der Waals surface area (Å²) in [7, 11) is 0. The molecule has 3 aromatic rings. The zero-order valence-corrected chi connectivity index (χ0v) is 16.8. The van der Waals surface area contributed by atoms with Crippen LogP contribution < -0.4 is 16.4 Å². The van der Waals surface area contributed by atoms with Crippen LogP contribution in [-0.2, 0) is 4.79 Å². The predicted octanol–water partition coefficient (Wildman–Crippen LogP) is 2.81. The number of nitrogens with zero attached hydrogens (tertiary/aromatic N) is 3. The van der Waals surface area contributed by atoms with E-state index in [4.69, 9.17) is 10.3 Å². The Hall–Kier alpha value is -3.27. The lowest BCUT2D eigenvalue weighted by Crippen LogP contribution is -2.38. The molecule has 4 N–H and O–H groups in total. The number of urea groups is 1. The van der Waals surface area contributed by atoms with Crippen LogP contribution in [0.15, 0.2) is 46.6 Å². The summed E-state index contributed by atoms with van der Waals surface area (Å²) < 4.78 is 5.40. The second kappa shape index (κ2) is 9.28. The number of nitrogens with two attached hydrogens (primary N) is 1. The van der Waals surface area contributed by atoms with Crippen molar-refractivity contribution >= 4 is 23.3 Å². The van der Waals surface area contributed by atoms with Gasteiger partial charge >= 0.3 is 6.03 Å². The first-order valence-corrected chi connectivity index (χ1v) is 9.94. The molecule has 2 unspecified atom stereocenters. The molecule has 9 nitrogen and oxygen atoms in total. The third-order valence-corrected chi connectivity index (χ3v) is 5.21. The fraction of sp³-hybridized carbons (Fsp3) is 0.316. The van der Waals surface area contributed by atoms with Crippen molar-refractivity contribution in [2.24, 2.45) is 11.7 Å². The molecule has 0 spiro atoms. The average Bonchev–Trinajstić information content (AvgIpc) is 3.38. The number of amides is 3. The van der Waals surface area contributed by atoms with E-state index in [0.717, 1.165) is 10.4 Å². The van der Waals surface area contributed by atoms with Crippen molar-refractivity contribution in [3.63, 3.8) is 0 Å². The molecule has 0 aliphatic heterocycles. The van der Waals surface area contributed by atoms with E-state index in [-0.39, 0.29) is 18.2 Å². The molecule has 3 aromatic heterocycles. The van der Waals surface area contributed by atoms with Crippen molar-refractivity contribution in [1.82, 2.24) is 25.8 Å². The zero-order valence-electron chi connectivity index (χ0n) is 16.0. The van der Waals surface area contributed by atoms with Crippen molar-refractivity contribution in [2.75, 3.05) is 0 Å². The number of carbonyl (C=O) groups excluding carboxylic acids is 2. The summed E-state index contributed by atoms with van der Waals surface area (Å²) in [4.78, 5) is 33.3. The molecule has 152 valence electrons. The number of nitrogens with one attached hydrogen (secondary N) is 2. The van der Waals surface area contributed by atoms with Gasteiger partial charge in [0.1, 0.15) is 6.04 Å². The second-order valence-corrected chi connectivity index (χ2v) is 7.74. The molecule has 0 aromatic carbocycles. The molecule has 0 aliphatic rings. The Morgan fingerprint density at radius 2 is 1.97 bits per heavy atom. The maximum absolute atomic E-state index is 12.7. The molecule has 2 atom stereocenters. The summed E-state index contributed by atoms with van der Waals surface area (Å²) in [5.41, 5.74) is 6.03. The van der Waals surface area contributed by atoms with Crippen molar-refractivity contribution < 1.29 is 14.1 Å². The molecular weight excluding hydrogens is 392 g/mol. The van der Waals surface area contributed by atoms with Crippen molar-refractivity contribution in [2.45, 2.75) is 32.4 Å².